The number of fused-ring (bicyclic) bond motifs is 5. The maximum absolute atomic E-state index is 11.6. The molecule has 0 radical (unpaired) electrons. The smallest absolute Gasteiger partial charge is 0.0659 e. The highest BCUT2D eigenvalue weighted by molar-refractivity contribution is 5.28. The molecule has 31 heavy (non-hydrogen) atoms. The summed E-state index contributed by atoms with van der Waals surface area (Å²) in [6.45, 7) is 15.8. The van der Waals surface area contributed by atoms with Crippen LogP contribution in [0.3, 0.4) is 0 Å². The van der Waals surface area contributed by atoms with Gasteiger partial charge in [0.15, 0.2) is 0 Å². The molecule has 3 fully saturated rings. The molecule has 4 aliphatic rings. The highest BCUT2D eigenvalue weighted by atomic mass is 16.3. The highest BCUT2D eigenvalue weighted by Crippen LogP contribution is 2.67. The van der Waals surface area contributed by atoms with E-state index >= 15 is 0 Å². The van der Waals surface area contributed by atoms with Gasteiger partial charge in [-0.2, -0.15) is 0 Å². The van der Waals surface area contributed by atoms with Crippen molar-refractivity contribution in [1.82, 2.24) is 0 Å². The van der Waals surface area contributed by atoms with Crippen molar-refractivity contribution in [3.63, 3.8) is 0 Å². The molecule has 0 amide bonds. The first-order chi connectivity index (χ1) is 14.5. The van der Waals surface area contributed by atoms with E-state index in [9.17, 15) is 15.3 Å². The standard InChI is InChI=1S/C28H46O3/c1-16(2)17(3)7-8-18(4)22-11-12-23-21-10-9-19-13-20(29)14-25(31)28(19,6)26(21)24(30)15-27(22,23)5/h9,16,18,20-26,29-31H,3,7-8,10-15H2,1-2,4-6H3/t18-,20-,21?,22-,23?,24-,25+,26?,27-,28-/m1/s1. The molecule has 3 N–H and O–H groups in total. The van der Waals surface area contributed by atoms with Gasteiger partial charge in [-0.05, 0) is 85.9 Å². The fourth-order valence-electron chi connectivity index (χ4n) is 8.70. The van der Waals surface area contributed by atoms with Crippen molar-refractivity contribution in [3.8, 4) is 0 Å². The zero-order valence-electron chi connectivity index (χ0n) is 20.5. The highest BCUT2D eigenvalue weighted by Gasteiger charge is 2.63. The van der Waals surface area contributed by atoms with Gasteiger partial charge in [0.1, 0.15) is 0 Å². The van der Waals surface area contributed by atoms with Crippen LogP contribution in [0.25, 0.3) is 0 Å². The SMILES string of the molecule is C=C(CC[C@@H](C)[C@H]1CCC2C3CC=C4C[C@@H](O)C[C@H](O)[C@]4(C)C3[C@H](O)C[C@@]21C)C(C)C. The minimum absolute atomic E-state index is 0.114. The Morgan fingerprint density at radius 2 is 1.87 bits per heavy atom. The number of rotatable bonds is 5. The largest absolute Gasteiger partial charge is 0.393 e. The molecule has 4 aliphatic carbocycles. The molecule has 0 aliphatic heterocycles. The minimum Gasteiger partial charge on any atom is -0.393 e. The van der Waals surface area contributed by atoms with Crippen molar-refractivity contribution in [2.75, 3.05) is 0 Å². The lowest BCUT2D eigenvalue weighted by Gasteiger charge is -2.61. The normalized spacial score (nSPS) is 47.9. The molecule has 3 nitrogen and oxygen atoms in total. The van der Waals surface area contributed by atoms with E-state index in [-0.39, 0.29) is 22.9 Å². The molecule has 3 heteroatoms. The van der Waals surface area contributed by atoms with Crippen molar-refractivity contribution < 1.29 is 15.3 Å². The summed E-state index contributed by atoms with van der Waals surface area (Å²) < 4.78 is 0. The lowest BCUT2D eigenvalue weighted by Crippen LogP contribution is -2.60. The first-order valence-electron chi connectivity index (χ1n) is 12.9. The lowest BCUT2D eigenvalue weighted by atomic mass is 9.45. The fourth-order valence-corrected chi connectivity index (χ4v) is 8.70. The zero-order chi connectivity index (χ0) is 22.7. The Hall–Kier alpha value is -0.640. The Bertz CT molecular complexity index is 726. The van der Waals surface area contributed by atoms with E-state index in [1.54, 1.807) is 0 Å². The summed E-state index contributed by atoms with van der Waals surface area (Å²) in [6.07, 6.45) is 8.73. The molecule has 0 bridgehead atoms. The summed E-state index contributed by atoms with van der Waals surface area (Å²) in [6, 6.07) is 0. The van der Waals surface area contributed by atoms with Gasteiger partial charge in [-0.1, -0.05) is 58.4 Å². The Morgan fingerprint density at radius 3 is 2.55 bits per heavy atom. The van der Waals surface area contributed by atoms with Crippen LogP contribution < -0.4 is 0 Å². The predicted octanol–water partition coefficient (Wildman–Crippen LogP) is 5.50. The van der Waals surface area contributed by atoms with E-state index in [2.05, 4.69) is 47.3 Å². The Labute approximate surface area is 190 Å². The van der Waals surface area contributed by atoms with Crippen LogP contribution in [0.4, 0.5) is 0 Å². The molecule has 3 unspecified atom stereocenters. The van der Waals surface area contributed by atoms with Gasteiger partial charge in [0.2, 0.25) is 0 Å². The van der Waals surface area contributed by atoms with Crippen molar-refractivity contribution in [2.24, 2.45) is 46.3 Å². The van der Waals surface area contributed by atoms with Gasteiger partial charge in [-0.25, -0.2) is 0 Å². The second-order valence-corrected chi connectivity index (χ2v) is 12.4. The minimum atomic E-state index is -0.563. The van der Waals surface area contributed by atoms with Crippen LogP contribution in [0, 0.1) is 46.3 Å². The van der Waals surface area contributed by atoms with Crippen molar-refractivity contribution in [3.05, 3.63) is 23.8 Å². The zero-order valence-corrected chi connectivity index (χ0v) is 20.5. The van der Waals surface area contributed by atoms with Crippen LogP contribution in [0.2, 0.25) is 0 Å². The molecule has 0 aromatic heterocycles. The van der Waals surface area contributed by atoms with Crippen molar-refractivity contribution in [2.45, 2.75) is 104 Å². The third-order valence-corrected chi connectivity index (χ3v) is 10.6. The van der Waals surface area contributed by atoms with E-state index in [0.29, 0.717) is 42.4 Å². The molecule has 0 saturated heterocycles. The van der Waals surface area contributed by atoms with Crippen LogP contribution in [0.5, 0.6) is 0 Å². The van der Waals surface area contributed by atoms with Crippen LogP contribution >= 0.6 is 0 Å². The molecular weight excluding hydrogens is 384 g/mol. The second-order valence-electron chi connectivity index (χ2n) is 12.4. The molecule has 176 valence electrons. The van der Waals surface area contributed by atoms with E-state index in [0.717, 1.165) is 19.3 Å². The quantitative estimate of drug-likeness (QED) is 0.505. The fraction of sp³-hybridized carbons (Fsp3) is 0.857. The van der Waals surface area contributed by atoms with E-state index in [1.165, 1.54) is 30.4 Å². The Kier molecular flexibility index (Phi) is 6.29. The van der Waals surface area contributed by atoms with Gasteiger partial charge >= 0.3 is 0 Å². The summed E-state index contributed by atoms with van der Waals surface area (Å²) >= 11 is 0. The summed E-state index contributed by atoms with van der Waals surface area (Å²) in [7, 11) is 0. The number of hydrogen-bond acceptors (Lipinski definition) is 3. The topological polar surface area (TPSA) is 60.7 Å². The summed E-state index contributed by atoms with van der Waals surface area (Å²) in [5, 5.41) is 32.9. The third kappa shape index (κ3) is 3.67. The molecule has 3 saturated carbocycles. The molecular formula is C28H46O3. The average Bonchev–Trinajstić information content (AvgIpc) is 3.03. The van der Waals surface area contributed by atoms with E-state index in [1.807, 2.05) is 0 Å². The molecule has 0 aromatic carbocycles. The predicted molar refractivity (Wildman–Crippen MR) is 126 cm³/mol. The van der Waals surface area contributed by atoms with Crippen LogP contribution in [-0.2, 0) is 0 Å². The van der Waals surface area contributed by atoms with Crippen molar-refractivity contribution in [1.29, 1.82) is 0 Å². The van der Waals surface area contributed by atoms with E-state index in [4.69, 9.17) is 0 Å². The first kappa shape index (κ1) is 23.5. The van der Waals surface area contributed by atoms with Gasteiger partial charge in [0.05, 0.1) is 18.3 Å². The van der Waals surface area contributed by atoms with Gasteiger partial charge in [-0.15, -0.1) is 0 Å². The monoisotopic (exact) mass is 430 g/mol. The molecule has 0 aromatic rings. The summed E-state index contributed by atoms with van der Waals surface area (Å²) in [5.41, 5.74) is 2.35. The number of aliphatic hydroxyl groups excluding tert-OH is 3. The number of aliphatic hydroxyl groups is 3. The second kappa shape index (κ2) is 8.29. The third-order valence-electron chi connectivity index (χ3n) is 10.6. The lowest BCUT2D eigenvalue weighted by molar-refractivity contribution is -0.159. The maximum Gasteiger partial charge on any atom is 0.0659 e. The van der Waals surface area contributed by atoms with Crippen LogP contribution in [0.15, 0.2) is 23.8 Å². The average molecular weight is 431 g/mol. The maximum atomic E-state index is 11.6. The van der Waals surface area contributed by atoms with E-state index < -0.39 is 12.2 Å². The molecule has 10 atom stereocenters. The summed E-state index contributed by atoms with van der Waals surface area (Å²) in [5.74, 6) is 3.04. The van der Waals surface area contributed by atoms with Gasteiger partial charge in [0, 0.05) is 11.8 Å². The molecule has 0 heterocycles. The van der Waals surface area contributed by atoms with Crippen LogP contribution in [0.1, 0.15) is 86.0 Å². The van der Waals surface area contributed by atoms with Crippen molar-refractivity contribution >= 4 is 0 Å². The first-order valence-corrected chi connectivity index (χ1v) is 12.9. The van der Waals surface area contributed by atoms with Gasteiger partial charge in [0.25, 0.3) is 0 Å². The van der Waals surface area contributed by atoms with Gasteiger partial charge < -0.3 is 15.3 Å². The summed E-state index contributed by atoms with van der Waals surface area (Å²) in [4.78, 5) is 0. The Morgan fingerprint density at radius 1 is 1.16 bits per heavy atom. The van der Waals surface area contributed by atoms with Crippen LogP contribution in [-0.4, -0.2) is 33.6 Å². The molecule has 0 spiro atoms. The number of allylic oxidation sites excluding steroid dienone is 2. The van der Waals surface area contributed by atoms with Gasteiger partial charge in [-0.3, -0.25) is 0 Å². The Balaban J connectivity index is 1.57. The molecule has 4 rings (SSSR count). The number of hydrogen-bond donors (Lipinski definition) is 3.